The normalized spacial score (nSPS) is 16.9. The Morgan fingerprint density at radius 3 is 1.88 bits per heavy atom. The Morgan fingerprint density at radius 1 is 0.941 bits per heavy atom. The minimum atomic E-state index is -0.579. The van der Waals surface area contributed by atoms with Gasteiger partial charge in [-0.3, -0.25) is 0 Å². The molecule has 0 aromatic heterocycles. The zero-order valence-electron chi connectivity index (χ0n) is 12.3. The topological polar surface area (TPSA) is 49.7 Å². The van der Waals surface area contributed by atoms with E-state index < -0.39 is 12.2 Å². The molecule has 0 rings (SSSR count). The number of hydrogen-bond acceptors (Lipinski definition) is 3. The van der Waals surface area contributed by atoms with Crippen LogP contribution in [0.2, 0.25) is 0 Å². The van der Waals surface area contributed by atoms with Crippen LogP contribution in [-0.4, -0.2) is 34.6 Å². The van der Waals surface area contributed by atoms with Crippen LogP contribution in [0.3, 0.4) is 0 Å². The fourth-order valence-electron chi connectivity index (χ4n) is 1.45. The molecule has 0 fully saturated rings. The van der Waals surface area contributed by atoms with Crippen molar-refractivity contribution in [3.63, 3.8) is 0 Å². The Kier molecular flexibility index (Phi) is 6.67. The smallest absolute Gasteiger partial charge is 0.0798 e. The van der Waals surface area contributed by atoms with E-state index in [0.29, 0.717) is 6.42 Å². The van der Waals surface area contributed by atoms with E-state index in [4.69, 9.17) is 4.74 Å². The molecule has 0 spiro atoms. The van der Waals surface area contributed by atoms with E-state index in [9.17, 15) is 10.2 Å². The lowest BCUT2D eigenvalue weighted by atomic mass is 9.88. The summed E-state index contributed by atoms with van der Waals surface area (Å²) in [5, 5.41) is 19.5. The summed E-state index contributed by atoms with van der Waals surface area (Å²) in [7, 11) is 0. The molecular weight excluding hydrogens is 216 g/mol. The van der Waals surface area contributed by atoms with Crippen molar-refractivity contribution in [2.45, 2.75) is 78.6 Å². The first-order valence-corrected chi connectivity index (χ1v) is 6.50. The minimum absolute atomic E-state index is 0.230. The Hall–Kier alpha value is -0.120. The molecule has 0 saturated heterocycles. The maximum Gasteiger partial charge on any atom is 0.0798 e. The second kappa shape index (κ2) is 6.72. The fourth-order valence-corrected chi connectivity index (χ4v) is 1.45. The van der Waals surface area contributed by atoms with Crippen molar-refractivity contribution in [1.29, 1.82) is 0 Å². The fraction of sp³-hybridized carbons (Fsp3) is 1.00. The van der Waals surface area contributed by atoms with Gasteiger partial charge in [0, 0.05) is 6.42 Å². The maximum atomic E-state index is 9.80. The number of hydrogen-bond donors (Lipinski definition) is 2. The van der Waals surface area contributed by atoms with Crippen LogP contribution in [0.25, 0.3) is 0 Å². The highest BCUT2D eigenvalue weighted by molar-refractivity contribution is 4.69. The van der Waals surface area contributed by atoms with Crippen LogP contribution in [0.1, 0.15) is 60.8 Å². The van der Waals surface area contributed by atoms with E-state index in [1.165, 1.54) is 0 Å². The Labute approximate surface area is 106 Å². The quantitative estimate of drug-likeness (QED) is 0.757. The molecule has 0 aliphatic rings. The number of aliphatic hydroxyl groups is 2. The highest BCUT2D eigenvalue weighted by Crippen LogP contribution is 2.22. The van der Waals surface area contributed by atoms with Crippen LogP contribution in [0.15, 0.2) is 0 Å². The van der Waals surface area contributed by atoms with Gasteiger partial charge in [-0.15, -0.1) is 0 Å². The van der Waals surface area contributed by atoms with E-state index in [0.717, 1.165) is 12.8 Å². The van der Waals surface area contributed by atoms with Crippen LogP contribution in [0.4, 0.5) is 0 Å². The summed E-state index contributed by atoms with van der Waals surface area (Å²) in [4.78, 5) is 0. The van der Waals surface area contributed by atoms with Crippen molar-refractivity contribution in [2.75, 3.05) is 6.61 Å². The highest BCUT2D eigenvalue weighted by Gasteiger charge is 2.18. The van der Waals surface area contributed by atoms with Gasteiger partial charge >= 0.3 is 0 Å². The third kappa shape index (κ3) is 12.1. The molecule has 0 bridgehead atoms. The number of aliphatic hydroxyl groups excluding tert-OH is 2. The van der Waals surface area contributed by atoms with Crippen LogP contribution in [-0.2, 0) is 4.74 Å². The van der Waals surface area contributed by atoms with Gasteiger partial charge in [0.05, 0.1) is 24.4 Å². The predicted molar refractivity (Wildman–Crippen MR) is 71.0 cm³/mol. The third-order valence-electron chi connectivity index (χ3n) is 2.48. The minimum Gasteiger partial charge on any atom is -0.393 e. The van der Waals surface area contributed by atoms with Crippen molar-refractivity contribution >= 4 is 0 Å². The van der Waals surface area contributed by atoms with E-state index in [1.54, 1.807) is 0 Å². The van der Waals surface area contributed by atoms with E-state index in [2.05, 4.69) is 20.8 Å². The van der Waals surface area contributed by atoms with Crippen LogP contribution in [0.5, 0.6) is 0 Å². The van der Waals surface area contributed by atoms with Gasteiger partial charge in [-0.05, 0) is 39.0 Å². The SMILES string of the molecule is CC(C)(C)CC[C@H](O)C[C@H](O)COC(C)(C)C. The lowest BCUT2D eigenvalue weighted by Crippen LogP contribution is -2.29. The van der Waals surface area contributed by atoms with E-state index in [-0.39, 0.29) is 17.6 Å². The van der Waals surface area contributed by atoms with E-state index >= 15 is 0 Å². The largest absolute Gasteiger partial charge is 0.393 e. The van der Waals surface area contributed by atoms with E-state index in [1.807, 2.05) is 20.8 Å². The Bertz CT molecular complexity index is 178. The lowest BCUT2D eigenvalue weighted by molar-refractivity contribution is -0.0606. The summed E-state index contributed by atoms with van der Waals surface area (Å²) in [6, 6.07) is 0. The number of ether oxygens (including phenoxy) is 1. The summed E-state index contributed by atoms with van der Waals surface area (Å²) < 4.78 is 5.48. The van der Waals surface area contributed by atoms with Gasteiger partial charge < -0.3 is 14.9 Å². The lowest BCUT2D eigenvalue weighted by Gasteiger charge is -2.24. The van der Waals surface area contributed by atoms with Crippen LogP contribution >= 0.6 is 0 Å². The summed E-state index contributed by atoms with van der Waals surface area (Å²) in [6.45, 7) is 12.6. The molecule has 104 valence electrons. The molecule has 0 aliphatic carbocycles. The van der Waals surface area contributed by atoms with Gasteiger partial charge in [0.2, 0.25) is 0 Å². The predicted octanol–water partition coefficient (Wildman–Crippen LogP) is 2.74. The van der Waals surface area contributed by atoms with Crippen molar-refractivity contribution in [2.24, 2.45) is 5.41 Å². The molecule has 2 atom stereocenters. The Balaban J connectivity index is 3.77. The first kappa shape index (κ1) is 16.9. The zero-order chi connectivity index (χ0) is 13.7. The van der Waals surface area contributed by atoms with Crippen LogP contribution in [0, 0.1) is 5.41 Å². The van der Waals surface area contributed by atoms with Crippen molar-refractivity contribution in [3.8, 4) is 0 Å². The molecule has 3 nitrogen and oxygen atoms in total. The first-order chi connectivity index (χ1) is 7.49. The second-order valence-electron chi connectivity index (χ2n) is 7.07. The molecule has 0 aromatic rings. The average Bonchev–Trinajstić information content (AvgIpc) is 2.09. The monoisotopic (exact) mass is 246 g/mol. The molecule has 3 heteroatoms. The van der Waals surface area contributed by atoms with Gasteiger partial charge in [-0.1, -0.05) is 20.8 Å². The summed E-state index contributed by atoms with van der Waals surface area (Å²) in [6.07, 6.45) is 1.07. The Morgan fingerprint density at radius 2 is 1.47 bits per heavy atom. The van der Waals surface area contributed by atoms with Crippen molar-refractivity contribution in [1.82, 2.24) is 0 Å². The van der Waals surface area contributed by atoms with Crippen LogP contribution < -0.4 is 0 Å². The molecule has 17 heavy (non-hydrogen) atoms. The molecule has 0 aliphatic heterocycles. The summed E-state index contributed by atoms with van der Waals surface area (Å²) in [5.74, 6) is 0. The summed E-state index contributed by atoms with van der Waals surface area (Å²) >= 11 is 0. The third-order valence-corrected chi connectivity index (χ3v) is 2.48. The molecule has 0 unspecified atom stereocenters. The molecular formula is C14H30O3. The zero-order valence-corrected chi connectivity index (χ0v) is 12.3. The molecule has 0 aromatic carbocycles. The van der Waals surface area contributed by atoms with Gasteiger partial charge in [0.15, 0.2) is 0 Å². The second-order valence-corrected chi connectivity index (χ2v) is 7.07. The average molecular weight is 246 g/mol. The van der Waals surface area contributed by atoms with Crippen molar-refractivity contribution < 1.29 is 14.9 Å². The standard InChI is InChI=1S/C14H30O3/c1-13(2,3)8-7-11(15)9-12(16)10-17-14(4,5)6/h11-12,15-16H,7-10H2,1-6H3/t11-,12-/m0/s1. The van der Waals surface area contributed by atoms with Gasteiger partial charge in [-0.25, -0.2) is 0 Å². The van der Waals surface area contributed by atoms with Gasteiger partial charge in [-0.2, -0.15) is 0 Å². The molecule has 2 N–H and O–H groups in total. The van der Waals surface area contributed by atoms with Crippen molar-refractivity contribution in [3.05, 3.63) is 0 Å². The molecule has 0 saturated carbocycles. The molecule has 0 heterocycles. The van der Waals surface area contributed by atoms with Gasteiger partial charge in [0.1, 0.15) is 0 Å². The van der Waals surface area contributed by atoms with Gasteiger partial charge in [0.25, 0.3) is 0 Å². The first-order valence-electron chi connectivity index (χ1n) is 6.50. The molecule has 0 amide bonds. The number of rotatable bonds is 6. The highest BCUT2D eigenvalue weighted by atomic mass is 16.5. The summed E-state index contributed by atoms with van der Waals surface area (Å²) in [5.41, 5.74) is -0.00875. The maximum absolute atomic E-state index is 9.80. The molecule has 0 radical (unpaired) electrons.